The molecule has 1 aliphatic heterocycles. The Labute approximate surface area is 111 Å². The van der Waals surface area contributed by atoms with Crippen LogP contribution in [0.15, 0.2) is 0 Å². The monoisotopic (exact) mass is 256 g/mol. The van der Waals surface area contributed by atoms with Crippen LogP contribution in [-0.4, -0.2) is 65.1 Å². The molecule has 1 N–H and O–H groups in total. The number of methoxy groups -OCH3 is 2. The lowest BCUT2D eigenvalue weighted by molar-refractivity contribution is 0.107. The Morgan fingerprint density at radius 2 is 1.72 bits per heavy atom. The maximum atomic E-state index is 5.20. The van der Waals surface area contributed by atoms with Crippen molar-refractivity contribution in [3.63, 3.8) is 0 Å². The molecular formula is C14H28N2O2. The average molecular weight is 256 g/mol. The smallest absolute Gasteiger partial charge is 0.0589 e. The summed E-state index contributed by atoms with van der Waals surface area (Å²) in [5.74, 6) is 0.910. The molecular weight excluding hydrogens is 228 g/mol. The second kappa shape index (κ2) is 6.85. The van der Waals surface area contributed by atoms with E-state index in [0.29, 0.717) is 5.41 Å². The van der Waals surface area contributed by atoms with Crippen molar-refractivity contribution in [3.8, 4) is 0 Å². The van der Waals surface area contributed by atoms with Gasteiger partial charge in [0.05, 0.1) is 13.2 Å². The minimum absolute atomic E-state index is 0.684. The fourth-order valence-corrected chi connectivity index (χ4v) is 3.27. The zero-order valence-electron chi connectivity index (χ0n) is 11.9. The quantitative estimate of drug-likeness (QED) is 0.702. The minimum Gasteiger partial charge on any atom is -0.383 e. The lowest BCUT2D eigenvalue weighted by atomic mass is 9.92. The molecule has 1 unspecified atom stereocenters. The van der Waals surface area contributed by atoms with E-state index in [-0.39, 0.29) is 0 Å². The van der Waals surface area contributed by atoms with Gasteiger partial charge in [-0.1, -0.05) is 0 Å². The second-order valence-electron chi connectivity index (χ2n) is 5.80. The van der Waals surface area contributed by atoms with E-state index >= 15 is 0 Å². The van der Waals surface area contributed by atoms with E-state index in [1.165, 1.54) is 38.9 Å². The van der Waals surface area contributed by atoms with Crippen LogP contribution >= 0.6 is 0 Å². The molecule has 4 heteroatoms. The molecule has 2 rings (SSSR count). The Kier molecular flexibility index (Phi) is 5.42. The van der Waals surface area contributed by atoms with Crippen molar-refractivity contribution in [3.05, 3.63) is 0 Å². The van der Waals surface area contributed by atoms with Gasteiger partial charge in [0, 0.05) is 33.9 Å². The van der Waals surface area contributed by atoms with Crippen molar-refractivity contribution in [2.45, 2.75) is 19.3 Å². The van der Waals surface area contributed by atoms with Gasteiger partial charge in [-0.05, 0) is 43.7 Å². The first-order valence-electron chi connectivity index (χ1n) is 7.22. The van der Waals surface area contributed by atoms with E-state index in [0.717, 1.165) is 32.2 Å². The molecule has 106 valence electrons. The molecule has 2 fully saturated rings. The van der Waals surface area contributed by atoms with Gasteiger partial charge < -0.3 is 14.8 Å². The molecule has 0 radical (unpaired) electrons. The van der Waals surface area contributed by atoms with Crippen molar-refractivity contribution in [1.82, 2.24) is 10.2 Å². The van der Waals surface area contributed by atoms with Crippen molar-refractivity contribution in [2.24, 2.45) is 11.3 Å². The predicted molar refractivity (Wildman–Crippen MR) is 72.8 cm³/mol. The first kappa shape index (κ1) is 14.3. The van der Waals surface area contributed by atoms with Crippen LogP contribution in [0.5, 0.6) is 0 Å². The Morgan fingerprint density at radius 3 is 2.28 bits per heavy atom. The maximum absolute atomic E-state index is 5.20. The number of rotatable bonds is 8. The molecule has 0 aromatic rings. The van der Waals surface area contributed by atoms with Gasteiger partial charge in [-0.25, -0.2) is 0 Å². The van der Waals surface area contributed by atoms with E-state index in [1.807, 2.05) is 0 Å². The molecule has 18 heavy (non-hydrogen) atoms. The van der Waals surface area contributed by atoms with E-state index in [4.69, 9.17) is 9.47 Å². The summed E-state index contributed by atoms with van der Waals surface area (Å²) in [5.41, 5.74) is 0.684. The number of hydrogen-bond donors (Lipinski definition) is 1. The Bertz CT molecular complexity index is 234. The van der Waals surface area contributed by atoms with Crippen LogP contribution in [0.25, 0.3) is 0 Å². The topological polar surface area (TPSA) is 33.7 Å². The van der Waals surface area contributed by atoms with Crippen molar-refractivity contribution in [2.75, 3.05) is 60.2 Å². The molecule has 1 atom stereocenters. The summed E-state index contributed by atoms with van der Waals surface area (Å²) in [6.07, 6.45) is 4.19. The zero-order valence-corrected chi connectivity index (χ0v) is 11.9. The van der Waals surface area contributed by atoms with E-state index in [1.54, 1.807) is 14.2 Å². The van der Waals surface area contributed by atoms with Gasteiger partial charge in [-0.3, -0.25) is 4.90 Å². The first-order chi connectivity index (χ1) is 8.80. The fourth-order valence-electron chi connectivity index (χ4n) is 3.27. The average Bonchev–Trinajstić information content (AvgIpc) is 3.05. The van der Waals surface area contributed by atoms with Crippen molar-refractivity contribution in [1.29, 1.82) is 0 Å². The number of nitrogens with zero attached hydrogens (tertiary/aromatic N) is 1. The van der Waals surface area contributed by atoms with E-state index in [9.17, 15) is 0 Å². The fraction of sp³-hybridized carbons (Fsp3) is 1.00. The Morgan fingerprint density at radius 1 is 1.11 bits per heavy atom. The number of piperidine rings is 1. The Balaban J connectivity index is 1.74. The SMILES string of the molecule is COCCN(CCOC)CC1CC12CCNCC2. The zero-order chi connectivity index (χ0) is 12.8. The highest BCUT2D eigenvalue weighted by Gasteiger charge is 2.53. The second-order valence-corrected chi connectivity index (χ2v) is 5.80. The van der Waals surface area contributed by atoms with Crippen LogP contribution in [-0.2, 0) is 9.47 Å². The third kappa shape index (κ3) is 3.67. The minimum atomic E-state index is 0.684. The van der Waals surface area contributed by atoms with Gasteiger partial charge in [0.25, 0.3) is 0 Å². The van der Waals surface area contributed by atoms with Gasteiger partial charge in [0.1, 0.15) is 0 Å². The molecule has 0 aromatic heterocycles. The summed E-state index contributed by atoms with van der Waals surface area (Å²) in [4.78, 5) is 2.51. The predicted octanol–water partition coefficient (Wildman–Crippen LogP) is 0.971. The van der Waals surface area contributed by atoms with Gasteiger partial charge in [-0.15, -0.1) is 0 Å². The molecule has 0 bridgehead atoms. The van der Waals surface area contributed by atoms with Gasteiger partial charge >= 0.3 is 0 Å². The normalized spacial score (nSPS) is 25.8. The molecule has 2 aliphatic rings. The summed E-state index contributed by atoms with van der Waals surface area (Å²) in [7, 11) is 3.56. The molecule has 1 saturated carbocycles. The first-order valence-corrected chi connectivity index (χ1v) is 7.22. The molecule has 1 saturated heterocycles. The van der Waals surface area contributed by atoms with Gasteiger partial charge in [-0.2, -0.15) is 0 Å². The Hall–Kier alpha value is -0.160. The molecule has 0 aromatic carbocycles. The summed E-state index contributed by atoms with van der Waals surface area (Å²) in [6.45, 7) is 7.37. The van der Waals surface area contributed by atoms with Gasteiger partial charge in [0.2, 0.25) is 0 Å². The molecule has 1 spiro atoms. The largest absolute Gasteiger partial charge is 0.383 e. The highest BCUT2D eigenvalue weighted by atomic mass is 16.5. The molecule has 1 heterocycles. The summed E-state index contributed by atoms with van der Waals surface area (Å²) in [5, 5.41) is 3.47. The van der Waals surface area contributed by atoms with Crippen LogP contribution in [0, 0.1) is 11.3 Å². The van der Waals surface area contributed by atoms with Crippen LogP contribution < -0.4 is 5.32 Å². The molecule has 1 aliphatic carbocycles. The summed E-state index contributed by atoms with van der Waals surface area (Å²) in [6, 6.07) is 0. The molecule has 4 nitrogen and oxygen atoms in total. The van der Waals surface area contributed by atoms with Crippen molar-refractivity contribution >= 4 is 0 Å². The number of nitrogens with one attached hydrogen (secondary N) is 1. The third-order valence-corrected chi connectivity index (χ3v) is 4.66. The summed E-state index contributed by atoms with van der Waals surface area (Å²) >= 11 is 0. The van der Waals surface area contributed by atoms with Crippen LogP contribution in [0.4, 0.5) is 0 Å². The number of hydrogen-bond acceptors (Lipinski definition) is 4. The maximum Gasteiger partial charge on any atom is 0.0589 e. The lowest BCUT2D eigenvalue weighted by Gasteiger charge is -2.27. The van der Waals surface area contributed by atoms with Crippen LogP contribution in [0.2, 0.25) is 0 Å². The standard InChI is InChI=1S/C14H28N2O2/c1-17-9-7-16(8-10-18-2)12-13-11-14(13)3-5-15-6-4-14/h13,15H,3-12H2,1-2H3. The summed E-state index contributed by atoms with van der Waals surface area (Å²) < 4.78 is 10.4. The van der Waals surface area contributed by atoms with Gasteiger partial charge in [0.15, 0.2) is 0 Å². The lowest BCUT2D eigenvalue weighted by Crippen LogP contribution is -2.35. The van der Waals surface area contributed by atoms with Crippen molar-refractivity contribution < 1.29 is 9.47 Å². The third-order valence-electron chi connectivity index (χ3n) is 4.66. The highest BCUT2D eigenvalue weighted by Crippen LogP contribution is 2.58. The van der Waals surface area contributed by atoms with Crippen LogP contribution in [0.3, 0.4) is 0 Å². The molecule has 0 amide bonds. The van der Waals surface area contributed by atoms with Crippen LogP contribution in [0.1, 0.15) is 19.3 Å². The highest BCUT2D eigenvalue weighted by molar-refractivity contribution is 5.05. The van der Waals surface area contributed by atoms with E-state index in [2.05, 4.69) is 10.2 Å². The number of ether oxygens (including phenoxy) is 2. The van der Waals surface area contributed by atoms with E-state index < -0.39 is 0 Å².